The predicted molar refractivity (Wildman–Crippen MR) is 101 cm³/mol. The van der Waals surface area contributed by atoms with Crippen molar-refractivity contribution in [3.05, 3.63) is 63.0 Å². The first kappa shape index (κ1) is 18.0. The zero-order chi connectivity index (χ0) is 18.8. The Balaban J connectivity index is 2.09. The van der Waals surface area contributed by atoms with Gasteiger partial charge in [0.25, 0.3) is 5.69 Å². The summed E-state index contributed by atoms with van der Waals surface area (Å²) in [5, 5.41) is 13.9. The Hall–Kier alpha value is -2.76. The Labute approximate surface area is 152 Å². The van der Waals surface area contributed by atoms with Crippen molar-refractivity contribution >= 4 is 10.9 Å². The molecule has 0 aliphatic carbocycles. The normalized spacial score (nSPS) is 11.6. The van der Waals surface area contributed by atoms with E-state index in [0.29, 0.717) is 23.3 Å². The lowest BCUT2D eigenvalue weighted by atomic mass is 10.1. The van der Waals surface area contributed by atoms with Crippen LogP contribution in [-0.4, -0.2) is 16.1 Å². The first-order valence-corrected chi connectivity index (χ1v) is 8.96. The van der Waals surface area contributed by atoms with Crippen molar-refractivity contribution in [1.29, 1.82) is 0 Å². The number of aromatic amines is 2. The number of fused-ring (bicyclic) bond motifs is 1. The number of ether oxygens (including phenoxy) is 1. The highest BCUT2D eigenvalue weighted by atomic mass is 16.6. The fraction of sp³-hybridized carbons (Fsp3) is 0.400. The molecule has 2 heterocycles. The molecular weight excluding hydrogens is 330 g/mol. The lowest BCUT2D eigenvalue weighted by molar-refractivity contribution is -0.624. The molecule has 0 saturated heterocycles. The largest absolute Gasteiger partial charge is 0.616 e. The highest BCUT2D eigenvalue weighted by Gasteiger charge is 2.25. The van der Waals surface area contributed by atoms with Crippen LogP contribution in [0.1, 0.15) is 44.6 Å². The standard InChI is InChI=1S/C20H25N3O3/c1-12(2)9-18-19(24)22-17(20(23(18)25)26-13(3)4)10-14-11-21-16-8-6-5-7-15(14)16/h5-8,11-13,21H,9-10H2,1-4H3,(H,22,24). The van der Waals surface area contributed by atoms with Crippen molar-refractivity contribution < 1.29 is 9.47 Å². The zero-order valence-corrected chi connectivity index (χ0v) is 15.6. The minimum atomic E-state index is -0.348. The molecule has 3 rings (SSSR count). The summed E-state index contributed by atoms with van der Waals surface area (Å²) in [6.45, 7) is 7.68. The van der Waals surface area contributed by atoms with Gasteiger partial charge in [-0.25, -0.2) is 0 Å². The van der Waals surface area contributed by atoms with Gasteiger partial charge >= 0.3 is 11.4 Å². The SMILES string of the molecule is CC(C)Cc1c(=O)[nH]c(Cc2c[nH]c3ccccc23)c(OC(C)C)[n+]1[O-]. The molecule has 26 heavy (non-hydrogen) atoms. The average molecular weight is 355 g/mol. The Bertz CT molecular complexity index is 970. The number of nitrogens with zero attached hydrogens (tertiary/aromatic N) is 1. The molecule has 6 nitrogen and oxygen atoms in total. The van der Waals surface area contributed by atoms with Gasteiger partial charge in [-0.3, -0.25) is 4.79 Å². The zero-order valence-electron chi connectivity index (χ0n) is 15.6. The molecule has 0 saturated carbocycles. The second-order valence-electron chi connectivity index (χ2n) is 7.28. The number of aromatic nitrogens is 3. The van der Waals surface area contributed by atoms with Crippen LogP contribution < -0.4 is 15.0 Å². The topological polar surface area (TPSA) is 84.8 Å². The van der Waals surface area contributed by atoms with Crippen LogP contribution in [0.25, 0.3) is 10.9 Å². The molecule has 0 aliphatic heterocycles. The summed E-state index contributed by atoms with van der Waals surface area (Å²) in [6.07, 6.45) is 2.54. The molecule has 0 fully saturated rings. The first-order valence-electron chi connectivity index (χ1n) is 8.96. The molecule has 0 radical (unpaired) electrons. The minimum absolute atomic E-state index is 0.172. The Morgan fingerprint density at radius 2 is 1.92 bits per heavy atom. The van der Waals surface area contributed by atoms with Crippen LogP contribution in [0, 0.1) is 11.1 Å². The van der Waals surface area contributed by atoms with Crippen LogP contribution in [-0.2, 0) is 12.8 Å². The molecule has 0 amide bonds. The van der Waals surface area contributed by atoms with Crippen LogP contribution in [0.15, 0.2) is 35.3 Å². The maximum absolute atomic E-state index is 12.8. The van der Waals surface area contributed by atoms with Crippen molar-refractivity contribution in [2.24, 2.45) is 5.92 Å². The van der Waals surface area contributed by atoms with Gasteiger partial charge in [0.1, 0.15) is 5.69 Å². The monoisotopic (exact) mass is 355 g/mol. The smallest absolute Gasteiger partial charge is 0.400 e. The second kappa shape index (κ2) is 7.23. The van der Waals surface area contributed by atoms with Crippen LogP contribution in [0.4, 0.5) is 0 Å². The van der Waals surface area contributed by atoms with Gasteiger partial charge in [-0.2, -0.15) is 0 Å². The number of benzene rings is 1. The van der Waals surface area contributed by atoms with Gasteiger partial charge in [0.2, 0.25) is 0 Å². The highest BCUT2D eigenvalue weighted by molar-refractivity contribution is 5.83. The molecule has 0 aliphatic rings. The molecule has 0 atom stereocenters. The predicted octanol–water partition coefficient (Wildman–Crippen LogP) is 3.07. The number of rotatable bonds is 6. The maximum atomic E-state index is 12.8. The van der Waals surface area contributed by atoms with Crippen molar-refractivity contribution in [2.75, 3.05) is 0 Å². The third-order valence-corrected chi connectivity index (χ3v) is 4.21. The molecule has 2 aromatic heterocycles. The quantitative estimate of drug-likeness (QED) is 0.526. The summed E-state index contributed by atoms with van der Waals surface area (Å²) in [5.74, 6) is 0.378. The van der Waals surface area contributed by atoms with Crippen molar-refractivity contribution in [3.63, 3.8) is 0 Å². The lowest BCUT2D eigenvalue weighted by Gasteiger charge is -2.15. The van der Waals surface area contributed by atoms with E-state index in [1.165, 1.54) is 0 Å². The van der Waals surface area contributed by atoms with Gasteiger partial charge in [-0.15, -0.1) is 4.73 Å². The van der Waals surface area contributed by atoms with Gasteiger partial charge < -0.3 is 19.9 Å². The van der Waals surface area contributed by atoms with Crippen molar-refractivity contribution in [1.82, 2.24) is 9.97 Å². The molecular formula is C20H25N3O3. The number of H-pyrrole nitrogens is 2. The number of hydrogen-bond acceptors (Lipinski definition) is 3. The molecule has 0 bridgehead atoms. The van der Waals surface area contributed by atoms with Crippen molar-refractivity contribution in [2.45, 2.75) is 46.6 Å². The molecule has 0 unspecified atom stereocenters. The van der Waals surface area contributed by atoms with Crippen LogP contribution in [0.5, 0.6) is 5.88 Å². The van der Waals surface area contributed by atoms with E-state index in [-0.39, 0.29) is 29.2 Å². The number of hydrogen-bond donors (Lipinski definition) is 2. The van der Waals surface area contributed by atoms with Crippen LogP contribution >= 0.6 is 0 Å². The van der Waals surface area contributed by atoms with E-state index >= 15 is 0 Å². The van der Waals surface area contributed by atoms with E-state index < -0.39 is 0 Å². The van der Waals surface area contributed by atoms with E-state index in [1.807, 2.05) is 58.2 Å². The Morgan fingerprint density at radius 1 is 1.19 bits per heavy atom. The summed E-state index contributed by atoms with van der Waals surface area (Å²) in [4.78, 5) is 18.6. The van der Waals surface area contributed by atoms with E-state index in [4.69, 9.17) is 4.74 Å². The summed E-state index contributed by atoms with van der Waals surface area (Å²) in [7, 11) is 0. The summed E-state index contributed by atoms with van der Waals surface area (Å²) >= 11 is 0. The van der Waals surface area contributed by atoms with Crippen LogP contribution in [0.2, 0.25) is 0 Å². The second-order valence-corrected chi connectivity index (χ2v) is 7.28. The molecule has 1 aromatic carbocycles. The third kappa shape index (κ3) is 3.59. The summed E-state index contributed by atoms with van der Waals surface area (Å²) < 4.78 is 6.45. The lowest BCUT2D eigenvalue weighted by Crippen LogP contribution is -2.44. The van der Waals surface area contributed by atoms with Gasteiger partial charge in [0.05, 0.1) is 6.10 Å². The molecule has 6 heteroatoms. The Kier molecular flexibility index (Phi) is 5.02. The van der Waals surface area contributed by atoms with E-state index in [1.54, 1.807) is 0 Å². The Morgan fingerprint density at radius 3 is 2.62 bits per heavy atom. The molecule has 138 valence electrons. The number of para-hydroxylation sites is 1. The van der Waals surface area contributed by atoms with Gasteiger partial charge in [-0.05, 0) is 31.4 Å². The fourth-order valence-corrected chi connectivity index (χ4v) is 3.09. The van der Waals surface area contributed by atoms with Crippen molar-refractivity contribution in [3.8, 4) is 5.88 Å². The van der Waals surface area contributed by atoms with Gasteiger partial charge in [0, 0.05) is 29.9 Å². The van der Waals surface area contributed by atoms with E-state index in [9.17, 15) is 10.0 Å². The minimum Gasteiger partial charge on any atom is -0.616 e. The molecule has 2 N–H and O–H groups in total. The van der Waals surface area contributed by atoms with Crippen LogP contribution in [0.3, 0.4) is 0 Å². The summed E-state index contributed by atoms with van der Waals surface area (Å²) in [5.41, 5.74) is 2.36. The van der Waals surface area contributed by atoms with Gasteiger partial charge in [-0.1, -0.05) is 32.0 Å². The maximum Gasteiger partial charge on any atom is 0.400 e. The third-order valence-electron chi connectivity index (χ3n) is 4.21. The fourth-order valence-electron chi connectivity index (χ4n) is 3.09. The van der Waals surface area contributed by atoms with Gasteiger partial charge in [0.15, 0.2) is 0 Å². The highest BCUT2D eigenvalue weighted by Crippen LogP contribution is 2.23. The summed E-state index contributed by atoms with van der Waals surface area (Å²) in [6, 6.07) is 7.94. The molecule has 3 aromatic rings. The van der Waals surface area contributed by atoms with E-state index in [2.05, 4.69) is 9.97 Å². The molecule has 0 spiro atoms. The number of nitrogens with one attached hydrogen (secondary N) is 2. The first-order chi connectivity index (χ1) is 12.4. The average Bonchev–Trinajstić information content (AvgIpc) is 2.98. The van der Waals surface area contributed by atoms with E-state index in [0.717, 1.165) is 16.5 Å².